The van der Waals surface area contributed by atoms with Crippen LogP contribution in [-0.2, 0) is 23.9 Å². The van der Waals surface area contributed by atoms with Gasteiger partial charge in [-0.1, -0.05) is 13.8 Å². The van der Waals surface area contributed by atoms with Gasteiger partial charge in [0.25, 0.3) is 0 Å². The van der Waals surface area contributed by atoms with Gasteiger partial charge in [0.1, 0.15) is 0 Å². The molecule has 2 rings (SSSR count). The first kappa shape index (κ1) is 40.3. The molecule has 42 heavy (non-hydrogen) atoms. The zero-order valence-corrected chi connectivity index (χ0v) is 25.9. The quantitative estimate of drug-likeness (QED) is 0.0727. The van der Waals surface area contributed by atoms with Crippen molar-refractivity contribution in [2.75, 3.05) is 19.8 Å². The predicted molar refractivity (Wildman–Crippen MR) is 155 cm³/mol. The Labute approximate surface area is 250 Å². The molecule has 2 saturated carbocycles. The van der Waals surface area contributed by atoms with Gasteiger partial charge in [-0.05, 0) is 65.7 Å². The standard InChI is InChI=1S/C21H40N2O7.2C4H8O2/c1-16(24)19(23-21(28)12-6-9-15-30-18(3)26)10-4-7-13-22-20(27)11-5-8-14-29-17(2)25;2*1-2-3(5)4(2)6/h17-19,25-26H,4-15H2,1-3H3,(H,22,27)(H,23,28);2*2-6H,1H3. The largest absolute Gasteiger partial charge is 0.390 e. The highest BCUT2D eigenvalue weighted by molar-refractivity contribution is 5.87. The van der Waals surface area contributed by atoms with Crippen molar-refractivity contribution >= 4 is 17.6 Å². The Hall–Kier alpha value is -1.71. The summed E-state index contributed by atoms with van der Waals surface area (Å²) < 4.78 is 10.0. The summed E-state index contributed by atoms with van der Waals surface area (Å²) in [4.78, 5) is 35.5. The third kappa shape index (κ3) is 21.1. The summed E-state index contributed by atoms with van der Waals surface area (Å²) >= 11 is 0. The number of ether oxygens (including phenoxy) is 2. The van der Waals surface area contributed by atoms with Gasteiger partial charge in [0.05, 0.1) is 30.5 Å². The first-order valence-corrected chi connectivity index (χ1v) is 15.1. The molecular formula is C29H56N2O11. The highest BCUT2D eigenvalue weighted by Gasteiger charge is 2.44. The minimum absolute atomic E-state index is 0.0250. The molecule has 0 spiro atoms. The van der Waals surface area contributed by atoms with Crippen molar-refractivity contribution in [3.05, 3.63) is 0 Å². The van der Waals surface area contributed by atoms with Crippen molar-refractivity contribution in [1.29, 1.82) is 0 Å². The van der Waals surface area contributed by atoms with E-state index in [2.05, 4.69) is 10.6 Å². The second kappa shape index (κ2) is 22.8. The molecule has 0 aromatic rings. The second-order valence-corrected chi connectivity index (χ2v) is 11.1. The maximum absolute atomic E-state index is 12.0. The van der Waals surface area contributed by atoms with Crippen molar-refractivity contribution in [3.8, 4) is 0 Å². The number of aliphatic hydroxyl groups excluding tert-OH is 6. The highest BCUT2D eigenvalue weighted by atomic mass is 16.6. The molecule has 13 nitrogen and oxygen atoms in total. The van der Waals surface area contributed by atoms with Crippen LogP contribution in [-0.4, -0.2) is 111 Å². The van der Waals surface area contributed by atoms with E-state index in [1.54, 1.807) is 6.92 Å². The van der Waals surface area contributed by atoms with Gasteiger partial charge in [0.15, 0.2) is 18.4 Å². The van der Waals surface area contributed by atoms with E-state index in [0.29, 0.717) is 64.7 Å². The molecule has 0 aromatic carbocycles. The molecule has 2 aliphatic rings. The van der Waals surface area contributed by atoms with E-state index in [1.165, 1.54) is 13.8 Å². The molecular weight excluding hydrogens is 552 g/mol. The summed E-state index contributed by atoms with van der Waals surface area (Å²) in [6.45, 7) is 9.53. The van der Waals surface area contributed by atoms with Crippen molar-refractivity contribution in [2.24, 2.45) is 11.8 Å². The van der Waals surface area contributed by atoms with Crippen molar-refractivity contribution < 1.29 is 54.5 Å². The summed E-state index contributed by atoms with van der Waals surface area (Å²) in [5.41, 5.74) is 0. The monoisotopic (exact) mass is 608 g/mol. The van der Waals surface area contributed by atoms with Crippen molar-refractivity contribution in [2.45, 2.75) is 135 Å². The van der Waals surface area contributed by atoms with E-state index in [1.807, 2.05) is 13.8 Å². The maximum Gasteiger partial charge on any atom is 0.220 e. The van der Waals surface area contributed by atoms with Gasteiger partial charge in [0, 0.05) is 44.4 Å². The Morgan fingerprint density at radius 3 is 1.45 bits per heavy atom. The number of hydrogen-bond acceptors (Lipinski definition) is 11. The SMILES string of the molecule is CC(=O)C(CCCCNC(=O)CCCCOC(C)O)NC(=O)CCCCOC(C)O.CC1C(O)C1O.CC1C(O)C1O. The molecule has 7 atom stereocenters. The van der Waals surface area contributed by atoms with E-state index in [9.17, 15) is 14.4 Å². The fourth-order valence-corrected chi connectivity index (χ4v) is 3.56. The van der Waals surface area contributed by atoms with E-state index in [0.717, 1.165) is 12.8 Å². The zero-order chi connectivity index (χ0) is 32.2. The third-order valence-electron chi connectivity index (χ3n) is 6.95. The van der Waals surface area contributed by atoms with Gasteiger partial charge in [-0.2, -0.15) is 0 Å². The van der Waals surface area contributed by atoms with Crippen LogP contribution in [0.4, 0.5) is 0 Å². The van der Waals surface area contributed by atoms with E-state index >= 15 is 0 Å². The Balaban J connectivity index is 0.00000113. The smallest absolute Gasteiger partial charge is 0.220 e. The number of ketones is 1. The highest BCUT2D eigenvalue weighted by Crippen LogP contribution is 2.29. The summed E-state index contributed by atoms with van der Waals surface area (Å²) in [7, 11) is 0. The number of Topliss-reactive ketones (excluding diaryl/α,β-unsaturated/α-hetero) is 1. The molecule has 8 N–H and O–H groups in total. The fourth-order valence-electron chi connectivity index (χ4n) is 3.56. The Morgan fingerprint density at radius 1 is 0.690 bits per heavy atom. The van der Waals surface area contributed by atoms with Crippen molar-refractivity contribution in [1.82, 2.24) is 10.6 Å². The van der Waals surface area contributed by atoms with E-state index in [-0.39, 0.29) is 29.4 Å². The summed E-state index contributed by atoms with van der Waals surface area (Å²) in [5, 5.41) is 57.4. The third-order valence-corrected chi connectivity index (χ3v) is 6.95. The maximum atomic E-state index is 12.0. The molecule has 0 radical (unpaired) electrons. The van der Waals surface area contributed by atoms with Gasteiger partial charge in [-0.15, -0.1) is 0 Å². The lowest BCUT2D eigenvalue weighted by molar-refractivity contribution is -0.127. The lowest BCUT2D eigenvalue weighted by Gasteiger charge is -2.16. The molecule has 0 aromatic heterocycles. The summed E-state index contributed by atoms with van der Waals surface area (Å²) in [6.07, 6.45) is 2.12. The van der Waals surface area contributed by atoms with Crippen LogP contribution in [0.3, 0.4) is 0 Å². The molecule has 2 aliphatic carbocycles. The number of nitrogens with one attached hydrogen (secondary N) is 2. The van der Waals surface area contributed by atoms with Crippen molar-refractivity contribution in [3.63, 3.8) is 0 Å². The minimum Gasteiger partial charge on any atom is -0.390 e. The van der Waals surface area contributed by atoms with Crippen LogP contribution in [0.15, 0.2) is 0 Å². The average molecular weight is 609 g/mol. The van der Waals surface area contributed by atoms with Crippen LogP contribution in [0.1, 0.15) is 92.4 Å². The second-order valence-electron chi connectivity index (χ2n) is 11.1. The number of carbonyl (C=O) groups is 3. The minimum atomic E-state index is -0.805. The number of carbonyl (C=O) groups excluding carboxylic acids is 3. The number of rotatable bonds is 19. The first-order chi connectivity index (χ1) is 19.7. The first-order valence-electron chi connectivity index (χ1n) is 15.1. The van der Waals surface area contributed by atoms with Gasteiger partial charge in [-0.25, -0.2) is 0 Å². The topological polar surface area (TPSA) is 215 Å². The van der Waals surface area contributed by atoms with Gasteiger partial charge >= 0.3 is 0 Å². The van der Waals surface area contributed by atoms with Crippen LogP contribution in [0.25, 0.3) is 0 Å². The molecule has 0 bridgehead atoms. The van der Waals surface area contributed by atoms with Crippen LogP contribution < -0.4 is 10.6 Å². The van der Waals surface area contributed by atoms with E-state index < -0.39 is 43.0 Å². The van der Waals surface area contributed by atoms with Crippen LogP contribution >= 0.6 is 0 Å². The normalized spacial score (nSPS) is 25.9. The van der Waals surface area contributed by atoms with Gasteiger partial charge < -0.3 is 50.7 Å². The Bertz CT molecular complexity index is 695. The number of amides is 2. The molecule has 0 aliphatic heterocycles. The average Bonchev–Trinajstić information content (AvgIpc) is 3.67. The molecule has 13 heteroatoms. The predicted octanol–water partition coefficient (Wildman–Crippen LogP) is 0.113. The van der Waals surface area contributed by atoms with Crippen LogP contribution in [0.2, 0.25) is 0 Å². The lowest BCUT2D eigenvalue weighted by Crippen LogP contribution is -2.39. The molecule has 2 amide bonds. The molecule has 2 fully saturated rings. The van der Waals surface area contributed by atoms with Crippen LogP contribution in [0, 0.1) is 11.8 Å². The fraction of sp³-hybridized carbons (Fsp3) is 0.897. The number of aliphatic hydroxyl groups is 6. The number of hydrogen-bond donors (Lipinski definition) is 8. The van der Waals surface area contributed by atoms with Gasteiger partial charge in [-0.3, -0.25) is 14.4 Å². The Kier molecular flexibility index (Phi) is 21.8. The molecule has 248 valence electrons. The lowest BCUT2D eigenvalue weighted by atomic mass is 10.1. The van der Waals surface area contributed by atoms with Crippen LogP contribution in [0.5, 0.6) is 0 Å². The Morgan fingerprint density at radius 2 is 1.10 bits per heavy atom. The molecule has 7 unspecified atom stereocenters. The summed E-state index contributed by atoms with van der Waals surface area (Å²) in [6, 6.07) is -0.504. The van der Waals surface area contributed by atoms with Gasteiger partial charge in [0.2, 0.25) is 11.8 Å². The zero-order valence-electron chi connectivity index (χ0n) is 25.9. The molecule has 0 heterocycles. The van der Waals surface area contributed by atoms with E-state index in [4.69, 9.17) is 40.1 Å². The summed E-state index contributed by atoms with van der Waals surface area (Å²) in [5.74, 6) is -0.0117. The number of unbranched alkanes of at least 4 members (excludes halogenated alkanes) is 3. The molecule has 0 saturated heterocycles.